The topological polar surface area (TPSA) is 55.5 Å². The second-order valence-electron chi connectivity index (χ2n) is 4.57. The van der Waals surface area contributed by atoms with Crippen LogP contribution in [0.4, 0.5) is 0 Å². The number of ether oxygens (including phenoxy) is 1. The molecule has 1 rings (SSSR count). The lowest BCUT2D eigenvalue weighted by atomic mass is 10.00. The van der Waals surface area contributed by atoms with Crippen LogP contribution in [0.3, 0.4) is 0 Å². The van der Waals surface area contributed by atoms with Crippen molar-refractivity contribution < 1.29 is 9.84 Å². The van der Waals surface area contributed by atoms with E-state index in [0.717, 1.165) is 5.56 Å². The molecule has 0 amide bonds. The third-order valence-electron chi connectivity index (χ3n) is 2.80. The first-order valence-corrected chi connectivity index (χ1v) is 6.12. The molecule has 96 valence electrons. The first-order chi connectivity index (χ1) is 7.95. The number of aryl methyl sites for hydroxylation is 1. The average molecular weight is 258 g/mol. The molecule has 4 heteroatoms. The lowest BCUT2D eigenvalue weighted by Gasteiger charge is -2.26. The van der Waals surface area contributed by atoms with Gasteiger partial charge >= 0.3 is 0 Å². The van der Waals surface area contributed by atoms with E-state index in [4.69, 9.17) is 22.1 Å². The zero-order chi connectivity index (χ0) is 13.0. The number of benzene rings is 1. The third-order valence-corrected chi connectivity index (χ3v) is 3.22. The first-order valence-electron chi connectivity index (χ1n) is 5.75. The van der Waals surface area contributed by atoms with Crippen molar-refractivity contribution in [1.82, 2.24) is 0 Å². The minimum atomic E-state index is -0.393. The summed E-state index contributed by atoms with van der Waals surface area (Å²) < 4.78 is 5.69. The molecule has 3 nitrogen and oxygen atoms in total. The third kappa shape index (κ3) is 3.87. The first kappa shape index (κ1) is 14.3. The van der Waals surface area contributed by atoms with Gasteiger partial charge in [0.25, 0.3) is 0 Å². The van der Waals surface area contributed by atoms with Crippen molar-refractivity contribution >= 4 is 11.6 Å². The highest BCUT2D eigenvalue weighted by Gasteiger charge is 2.21. The van der Waals surface area contributed by atoms with Gasteiger partial charge in [0.15, 0.2) is 0 Å². The van der Waals surface area contributed by atoms with E-state index in [0.29, 0.717) is 10.8 Å². The molecule has 0 radical (unpaired) electrons. The highest BCUT2D eigenvalue weighted by atomic mass is 35.5. The normalized spacial score (nSPS) is 14.8. The molecule has 1 aromatic rings. The van der Waals surface area contributed by atoms with E-state index in [2.05, 4.69) is 0 Å². The maximum absolute atomic E-state index is 9.30. The molecule has 0 aliphatic heterocycles. The van der Waals surface area contributed by atoms with Crippen LogP contribution in [-0.2, 0) is 0 Å². The van der Waals surface area contributed by atoms with Crippen molar-refractivity contribution in [3.05, 3.63) is 28.8 Å². The van der Waals surface area contributed by atoms with Gasteiger partial charge in [0.1, 0.15) is 11.9 Å². The van der Waals surface area contributed by atoms with Crippen LogP contribution >= 0.6 is 11.6 Å². The van der Waals surface area contributed by atoms with Gasteiger partial charge in [-0.05, 0) is 36.6 Å². The number of hydrogen-bond donors (Lipinski definition) is 2. The smallest absolute Gasteiger partial charge is 0.137 e. The Labute approximate surface area is 108 Å². The number of hydrogen-bond acceptors (Lipinski definition) is 3. The molecular formula is C13H20ClNO2. The summed E-state index contributed by atoms with van der Waals surface area (Å²) in [5.74, 6) is 0.933. The van der Waals surface area contributed by atoms with Gasteiger partial charge in [-0.2, -0.15) is 0 Å². The molecule has 0 fully saturated rings. The zero-order valence-corrected chi connectivity index (χ0v) is 11.2. The molecule has 2 unspecified atom stereocenters. The van der Waals surface area contributed by atoms with Gasteiger partial charge in [-0.25, -0.2) is 0 Å². The molecule has 17 heavy (non-hydrogen) atoms. The summed E-state index contributed by atoms with van der Waals surface area (Å²) in [4.78, 5) is 0. The summed E-state index contributed by atoms with van der Waals surface area (Å²) in [6, 6.07) is 5.21. The molecular weight excluding hydrogens is 238 g/mol. The van der Waals surface area contributed by atoms with Gasteiger partial charge in [-0.1, -0.05) is 25.4 Å². The Morgan fingerprint density at radius 2 is 2.06 bits per heavy atom. The van der Waals surface area contributed by atoms with Gasteiger partial charge in [0, 0.05) is 11.1 Å². The van der Waals surface area contributed by atoms with E-state index in [-0.39, 0.29) is 18.6 Å². The fourth-order valence-corrected chi connectivity index (χ4v) is 1.65. The summed E-state index contributed by atoms with van der Waals surface area (Å²) in [6.45, 7) is 5.82. The van der Waals surface area contributed by atoms with E-state index >= 15 is 0 Å². The van der Waals surface area contributed by atoms with Crippen LogP contribution in [0.5, 0.6) is 5.75 Å². The van der Waals surface area contributed by atoms with E-state index in [1.165, 1.54) is 0 Å². The Morgan fingerprint density at radius 3 is 2.53 bits per heavy atom. The number of rotatable bonds is 5. The average Bonchev–Trinajstić information content (AvgIpc) is 2.29. The Hall–Kier alpha value is -0.770. The second kappa shape index (κ2) is 6.24. The van der Waals surface area contributed by atoms with Gasteiger partial charge in [-0.15, -0.1) is 0 Å². The lowest BCUT2D eigenvalue weighted by molar-refractivity contribution is 0.0810. The lowest BCUT2D eigenvalue weighted by Crippen LogP contribution is -2.45. The molecule has 0 bridgehead atoms. The van der Waals surface area contributed by atoms with Crippen LogP contribution in [0.15, 0.2) is 18.2 Å². The van der Waals surface area contributed by atoms with Gasteiger partial charge in [-0.3, -0.25) is 0 Å². The maximum atomic E-state index is 9.30. The molecule has 1 aromatic carbocycles. The molecule has 0 saturated carbocycles. The van der Waals surface area contributed by atoms with Crippen molar-refractivity contribution in [1.29, 1.82) is 0 Å². The molecule has 0 aromatic heterocycles. The minimum Gasteiger partial charge on any atom is -0.486 e. The standard InChI is InChI=1S/C13H20ClNO2/c1-8(2)13(15)12(7-16)17-10-4-5-11(14)9(3)6-10/h4-6,8,12-13,16H,7,15H2,1-3H3. The largest absolute Gasteiger partial charge is 0.486 e. The van der Waals surface area contributed by atoms with Crippen molar-refractivity contribution in [3.8, 4) is 5.75 Å². The predicted octanol–water partition coefficient (Wildman–Crippen LogP) is 2.37. The Morgan fingerprint density at radius 1 is 1.41 bits per heavy atom. The number of nitrogens with two attached hydrogens (primary N) is 1. The van der Waals surface area contributed by atoms with Crippen molar-refractivity contribution in [2.45, 2.75) is 32.9 Å². The van der Waals surface area contributed by atoms with Crippen molar-refractivity contribution in [3.63, 3.8) is 0 Å². The number of aliphatic hydroxyl groups is 1. The van der Waals surface area contributed by atoms with E-state index in [1.54, 1.807) is 12.1 Å². The molecule has 2 atom stereocenters. The summed E-state index contributed by atoms with van der Waals surface area (Å²) in [5.41, 5.74) is 6.92. The van der Waals surface area contributed by atoms with Crippen molar-refractivity contribution in [2.24, 2.45) is 11.7 Å². The molecule has 0 aliphatic rings. The quantitative estimate of drug-likeness (QED) is 0.852. The van der Waals surface area contributed by atoms with Crippen LogP contribution in [0.25, 0.3) is 0 Å². The van der Waals surface area contributed by atoms with Gasteiger partial charge in [0.05, 0.1) is 6.61 Å². The van der Waals surface area contributed by atoms with E-state index in [9.17, 15) is 5.11 Å². The number of aliphatic hydroxyl groups excluding tert-OH is 1. The highest BCUT2D eigenvalue weighted by molar-refractivity contribution is 6.31. The Bertz CT molecular complexity index is 368. The SMILES string of the molecule is Cc1cc(OC(CO)C(N)C(C)C)ccc1Cl. The van der Waals surface area contributed by atoms with Crippen LogP contribution < -0.4 is 10.5 Å². The highest BCUT2D eigenvalue weighted by Crippen LogP contribution is 2.22. The summed E-state index contributed by atoms with van der Waals surface area (Å²) >= 11 is 5.93. The fourth-order valence-electron chi connectivity index (χ4n) is 1.53. The van der Waals surface area contributed by atoms with Crippen LogP contribution in [-0.4, -0.2) is 23.9 Å². The van der Waals surface area contributed by atoms with Gasteiger partial charge in [0.2, 0.25) is 0 Å². The molecule has 3 N–H and O–H groups in total. The zero-order valence-electron chi connectivity index (χ0n) is 10.5. The molecule has 0 spiro atoms. The fraction of sp³-hybridized carbons (Fsp3) is 0.538. The van der Waals surface area contributed by atoms with Crippen molar-refractivity contribution in [2.75, 3.05) is 6.61 Å². The van der Waals surface area contributed by atoms with Crippen LogP contribution in [0, 0.1) is 12.8 Å². The van der Waals surface area contributed by atoms with E-state index in [1.807, 2.05) is 26.8 Å². The monoisotopic (exact) mass is 257 g/mol. The summed E-state index contributed by atoms with van der Waals surface area (Å²) in [7, 11) is 0. The minimum absolute atomic E-state index is 0.0962. The molecule has 0 aliphatic carbocycles. The molecule has 0 saturated heterocycles. The molecule has 0 heterocycles. The second-order valence-corrected chi connectivity index (χ2v) is 4.98. The number of halogens is 1. The Kier molecular flexibility index (Phi) is 5.25. The van der Waals surface area contributed by atoms with Crippen LogP contribution in [0.2, 0.25) is 5.02 Å². The summed E-state index contributed by atoms with van der Waals surface area (Å²) in [5, 5.41) is 10.00. The van der Waals surface area contributed by atoms with E-state index < -0.39 is 6.10 Å². The predicted molar refractivity (Wildman–Crippen MR) is 70.5 cm³/mol. The maximum Gasteiger partial charge on any atom is 0.137 e. The summed E-state index contributed by atoms with van der Waals surface area (Å²) in [6.07, 6.45) is -0.393. The van der Waals surface area contributed by atoms with Crippen LogP contribution in [0.1, 0.15) is 19.4 Å². The van der Waals surface area contributed by atoms with Gasteiger partial charge < -0.3 is 15.6 Å². The Balaban J connectivity index is 2.77.